The van der Waals surface area contributed by atoms with Crippen molar-refractivity contribution in [3.8, 4) is 12.3 Å². The maximum atomic E-state index is 12.4. The fraction of sp³-hybridized carbons (Fsp3) is 0.667. The number of fused-ring (bicyclic) bond motifs is 5. The highest BCUT2D eigenvalue weighted by Gasteiger charge is 2.57. The van der Waals surface area contributed by atoms with E-state index in [1.807, 2.05) is 0 Å². The van der Waals surface area contributed by atoms with Crippen molar-refractivity contribution in [2.24, 2.45) is 29.1 Å². The van der Waals surface area contributed by atoms with Crippen molar-refractivity contribution in [3.05, 3.63) is 23.8 Å². The molecule has 0 radical (unpaired) electrons. The minimum absolute atomic E-state index is 0.0803. The smallest absolute Gasteiger partial charge is 0.150 e. The molecule has 122 valence electrons. The van der Waals surface area contributed by atoms with Crippen LogP contribution in [0, 0.1) is 41.4 Å². The molecule has 2 nitrogen and oxygen atoms in total. The van der Waals surface area contributed by atoms with Crippen LogP contribution in [0.1, 0.15) is 51.9 Å². The van der Waals surface area contributed by atoms with Gasteiger partial charge in [0.1, 0.15) is 5.78 Å². The first-order valence-corrected chi connectivity index (χ1v) is 9.02. The number of Topliss-reactive ketones (excluding diaryl/α,β-unsaturated/α-hetero) is 1. The summed E-state index contributed by atoms with van der Waals surface area (Å²) in [5.41, 5.74) is 0.858. The van der Waals surface area contributed by atoms with Crippen molar-refractivity contribution in [2.75, 3.05) is 0 Å². The lowest BCUT2D eigenvalue weighted by Gasteiger charge is -2.53. The number of carbonyl (C=O) groups is 1. The molecule has 4 aliphatic rings. The van der Waals surface area contributed by atoms with Gasteiger partial charge in [0.2, 0.25) is 0 Å². The average Bonchev–Trinajstić information content (AvgIpc) is 2.84. The van der Waals surface area contributed by atoms with Gasteiger partial charge in [-0.15, -0.1) is 6.42 Å². The van der Waals surface area contributed by atoms with Gasteiger partial charge in [0, 0.05) is 11.8 Å². The lowest BCUT2D eigenvalue weighted by atomic mass is 9.51. The molecule has 0 unspecified atom stereocenters. The zero-order valence-electron chi connectivity index (χ0n) is 14.0. The van der Waals surface area contributed by atoms with E-state index in [2.05, 4.69) is 25.5 Å². The molecule has 0 heterocycles. The monoisotopic (exact) mass is 310 g/mol. The summed E-state index contributed by atoms with van der Waals surface area (Å²) in [6.07, 6.45) is 14.5. The van der Waals surface area contributed by atoms with E-state index < -0.39 is 5.60 Å². The van der Waals surface area contributed by atoms with Crippen molar-refractivity contribution < 1.29 is 9.90 Å². The second-order valence-electron chi connectivity index (χ2n) is 8.45. The van der Waals surface area contributed by atoms with Crippen LogP contribution >= 0.6 is 0 Å². The third-order valence-corrected chi connectivity index (χ3v) is 7.61. The Morgan fingerprint density at radius 2 is 2.09 bits per heavy atom. The molecule has 6 atom stereocenters. The number of hydrogen-bond donors (Lipinski definition) is 1. The van der Waals surface area contributed by atoms with E-state index in [1.54, 1.807) is 0 Å². The molecule has 23 heavy (non-hydrogen) atoms. The minimum atomic E-state index is -1.18. The number of hydrogen-bond acceptors (Lipinski definition) is 2. The first kappa shape index (κ1) is 15.2. The zero-order valence-corrected chi connectivity index (χ0v) is 14.0. The molecule has 0 aliphatic heterocycles. The number of aliphatic hydroxyl groups is 1. The van der Waals surface area contributed by atoms with Crippen LogP contribution in [0.15, 0.2) is 23.8 Å². The lowest BCUT2D eigenvalue weighted by molar-refractivity contribution is -0.131. The van der Waals surface area contributed by atoms with E-state index in [0.717, 1.165) is 32.1 Å². The Bertz CT molecular complexity index is 651. The van der Waals surface area contributed by atoms with Crippen molar-refractivity contribution in [1.29, 1.82) is 0 Å². The molecule has 4 rings (SSSR count). The molecule has 0 amide bonds. The van der Waals surface area contributed by atoms with Crippen LogP contribution in [-0.2, 0) is 4.79 Å². The molecule has 3 saturated carbocycles. The first-order chi connectivity index (χ1) is 10.9. The van der Waals surface area contributed by atoms with Crippen molar-refractivity contribution in [2.45, 2.75) is 57.5 Å². The van der Waals surface area contributed by atoms with Gasteiger partial charge in [-0.1, -0.05) is 31.1 Å². The molecular weight excluding hydrogens is 284 g/mol. The highest BCUT2D eigenvalue weighted by molar-refractivity contribution is 5.87. The van der Waals surface area contributed by atoms with Gasteiger partial charge in [-0.2, -0.15) is 0 Å². The fourth-order valence-corrected chi connectivity index (χ4v) is 6.20. The van der Waals surface area contributed by atoms with Gasteiger partial charge in [0.15, 0.2) is 5.60 Å². The molecule has 2 heteroatoms. The summed E-state index contributed by atoms with van der Waals surface area (Å²) in [4.78, 5) is 12.4. The van der Waals surface area contributed by atoms with Crippen molar-refractivity contribution in [3.63, 3.8) is 0 Å². The normalized spacial score (nSPS) is 48.8. The average molecular weight is 310 g/mol. The third-order valence-electron chi connectivity index (χ3n) is 7.61. The van der Waals surface area contributed by atoms with Gasteiger partial charge in [-0.05, 0) is 67.8 Å². The summed E-state index contributed by atoms with van der Waals surface area (Å²) in [5.74, 6) is 5.18. The molecule has 4 aliphatic carbocycles. The Hall–Kier alpha value is -1.33. The standard InChI is InChI=1S/C21H26O2/c1-4-21(23)12-17-14(11-13(21)2)5-6-16-15(17)9-10-20(3)18(16)7-8-19(20)22/h1,11,15-18,23H,2,5-10,12H2,3H3/t15-,16+,17-,18-,20-,21-/m0/s1. The van der Waals surface area contributed by atoms with Gasteiger partial charge in [-0.3, -0.25) is 4.79 Å². The molecule has 0 aromatic carbocycles. The molecule has 0 saturated heterocycles. The molecule has 0 spiro atoms. The van der Waals surface area contributed by atoms with E-state index in [1.165, 1.54) is 12.0 Å². The SMILES string of the molecule is C#C[C@]1(O)C[C@H]2C(=CC1=C)CC[C@@H]1[C@@H]2CC[C@]2(C)C(=O)CC[C@@H]12. The van der Waals surface area contributed by atoms with Gasteiger partial charge < -0.3 is 5.11 Å². The highest BCUT2D eigenvalue weighted by Crippen LogP contribution is 2.61. The number of ketones is 1. The Kier molecular flexibility index (Phi) is 3.20. The maximum Gasteiger partial charge on any atom is 0.150 e. The topological polar surface area (TPSA) is 37.3 Å². The number of carbonyl (C=O) groups excluding carboxylic acids is 1. The van der Waals surface area contributed by atoms with Crippen LogP contribution in [0.5, 0.6) is 0 Å². The summed E-state index contributed by atoms with van der Waals surface area (Å²) < 4.78 is 0. The number of terminal acetylenes is 1. The first-order valence-electron chi connectivity index (χ1n) is 9.02. The number of rotatable bonds is 0. The summed E-state index contributed by atoms with van der Waals surface area (Å²) in [6.45, 7) is 6.20. The van der Waals surface area contributed by atoms with Crippen LogP contribution in [0.25, 0.3) is 0 Å². The van der Waals surface area contributed by atoms with E-state index >= 15 is 0 Å². The largest absolute Gasteiger partial charge is 0.373 e. The molecule has 1 N–H and O–H groups in total. The quantitative estimate of drug-likeness (QED) is 0.693. The van der Waals surface area contributed by atoms with Crippen molar-refractivity contribution in [1.82, 2.24) is 0 Å². The maximum absolute atomic E-state index is 12.4. The van der Waals surface area contributed by atoms with Gasteiger partial charge >= 0.3 is 0 Å². The lowest BCUT2D eigenvalue weighted by Crippen LogP contribution is -2.48. The van der Waals surface area contributed by atoms with Crippen LogP contribution in [0.2, 0.25) is 0 Å². The Morgan fingerprint density at radius 3 is 2.83 bits per heavy atom. The van der Waals surface area contributed by atoms with E-state index in [4.69, 9.17) is 6.42 Å². The molecule has 0 bridgehead atoms. The van der Waals surface area contributed by atoms with E-state index in [0.29, 0.717) is 41.4 Å². The summed E-state index contributed by atoms with van der Waals surface area (Å²) in [7, 11) is 0. The van der Waals surface area contributed by atoms with Gasteiger partial charge in [0.05, 0.1) is 0 Å². The Balaban J connectivity index is 1.67. The molecular formula is C21H26O2. The summed E-state index contributed by atoms with van der Waals surface area (Å²) in [5, 5.41) is 10.7. The highest BCUT2D eigenvalue weighted by atomic mass is 16.3. The second-order valence-corrected chi connectivity index (χ2v) is 8.45. The van der Waals surface area contributed by atoms with Crippen molar-refractivity contribution >= 4 is 5.78 Å². The van der Waals surface area contributed by atoms with E-state index in [-0.39, 0.29) is 5.41 Å². The Morgan fingerprint density at radius 1 is 1.30 bits per heavy atom. The molecule has 0 aromatic heterocycles. The van der Waals surface area contributed by atoms with Gasteiger partial charge in [0.25, 0.3) is 0 Å². The minimum Gasteiger partial charge on any atom is -0.373 e. The van der Waals surface area contributed by atoms with Crippen LogP contribution in [0.3, 0.4) is 0 Å². The zero-order chi connectivity index (χ0) is 16.4. The third kappa shape index (κ3) is 1.96. The summed E-state index contributed by atoms with van der Waals surface area (Å²) >= 11 is 0. The fourth-order valence-electron chi connectivity index (χ4n) is 6.20. The Labute approximate surface area is 139 Å². The van der Waals surface area contributed by atoms with E-state index in [9.17, 15) is 9.90 Å². The van der Waals surface area contributed by atoms with Crippen LogP contribution in [-0.4, -0.2) is 16.5 Å². The number of allylic oxidation sites excluding steroid dienone is 1. The van der Waals surface area contributed by atoms with Gasteiger partial charge in [-0.25, -0.2) is 0 Å². The summed E-state index contributed by atoms with van der Waals surface area (Å²) in [6, 6.07) is 0. The molecule has 3 fully saturated rings. The van der Waals surface area contributed by atoms with Crippen LogP contribution < -0.4 is 0 Å². The van der Waals surface area contributed by atoms with Crippen LogP contribution in [0.4, 0.5) is 0 Å². The second kappa shape index (κ2) is 4.84. The predicted octanol–water partition coefficient (Wildman–Crippen LogP) is 3.66. The molecule has 0 aromatic rings. The predicted molar refractivity (Wildman–Crippen MR) is 90.4 cm³/mol.